The summed E-state index contributed by atoms with van der Waals surface area (Å²) in [7, 11) is 1.39. The lowest BCUT2D eigenvalue weighted by Crippen LogP contribution is -2.15. The maximum absolute atomic E-state index is 12.2. The standard InChI is InChI=1S/C20H24N2O4/c1-12-10-14(4-7-17(12)26-15-5-6-15)19-21-18(20(23)24-3)16-8-9-25-13(2)11-22(16)19/h4,7,10,13,15H,5-6,8-9,11H2,1-3H3. The lowest BCUT2D eigenvalue weighted by atomic mass is 10.1. The Morgan fingerprint density at radius 1 is 1.35 bits per heavy atom. The molecule has 1 fully saturated rings. The zero-order chi connectivity index (χ0) is 18.3. The fourth-order valence-electron chi connectivity index (χ4n) is 3.37. The summed E-state index contributed by atoms with van der Waals surface area (Å²) in [6.45, 7) is 5.31. The highest BCUT2D eigenvalue weighted by atomic mass is 16.5. The van der Waals surface area contributed by atoms with Gasteiger partial charge in [-0.1, -0.05) is 0 Å². The average Bonchev–Trinajstić information content (AvgIpc) is 3.40. The molecule has 138 valence electrons. The first-order valence-electron chi connectivity index (χ1n) is 9.14. The molecule has 0 amide bonds. The topological polar surface area (TPSA) is 62.6 Å². The number of ether oxygens (including phenoxy) is 3. The minimum Gasteiger partial charge on any atom is -0.490 e. The summed E-state index contributed by atoms with van der Waals surface area (Å²) in [5, 5.41) is 0. The SMILES string of the molecule is COC(=O)c1nc(-c2ccc(OC3CC3)c(C)c2)n2c1CCOC(C)C2. The summed E-state index contributed by atoms with van der Waals surface area (Å²) >= 11 is 0. The van der Waals surface area contributed by atoms with Crippen molar-refractivity contribution in [2.75, 3.05) is 13.7 Å². The largest absolute Gasteiger partial charge is 0.490 e. The number of aryl methyl sites for hydroxylation is 1. The van der Waals surface area contributed by atoms with E-state index in [1.54, 1.807) is 0 Å². The van der Waals surface area contributed by atoms with Crippen LogP contribution in [0.5, 0.6) is 5.75 Å². The normalized spacial score (nSPS) is 19.6. The number of rotatable bonds is 4. The van der Waals surface area contributed by atoms with Crippen molar-refractivity contribution in [1.29, 1.82) is 0 Å². The lowest BCUT2D eigenvalue weighted by molar-refractivity contribution is 0.0591. The predicted octanol–water partition coefficient (Wildman–Crippen LogP) is 3.15. The number of carbonyl (C=O) groups is 1. The van der Waals surface area contributed by atoms with Gasteiger partial charge >= 0.3 is 5.97 Å². The van der Waals surface area contributed by atoms with Gasteiger partial charge in [0.1, 0.15) is 11.6 Å². The molecule has 1 unspecified atom stereocenters. The number of nitrogens with zero attached hydrogens (tertiary/aromatic N) is 2. The zero-order valence-electron chi connectivity index (χ0n) is 15.4. The lowest BCUT2D eigenvalue weighted by Gasteiger charge is -2.14. The van der Waals surface area contributed by atoms with Crippen LogP contribution < -0.4 is 4.74 Å². The summed E-state index contributed by atoms with van der Waals surface area (Å²) in [5.74, 6) is 1.29. The van der Waals surface area contributed by atoms with Crippen molar-refractivity contribution in [1.82, 2.24) is 9.55 Å². The summed E-state index contributed by atoms with van der Waals surface area (Å²) in [6.07, 6.45) is 3.34. The van der Waals surface area contributed by atoms with Gasteiger partial charge in [0, 0.05) is 12.0 Å². The summed E-state index contributed by atoms with van der Waals surface area (Å²) < 4.78 is 18.7. The van der Waals surface area contributed by atoms with Crippen molar-refractivity contribution in [3.8, 4) is 17.1 Å². The fourth-order valence-corrected chi connectivity index (χ4v) is 3.37. The molecule has 1 aliphatic carbocycles. The monoisotopic (exact) mass is 356 g/mol. The number of benzene rings is 1. The Morgan fingerprint density at radius 3 is 2.85 bits per heavy atom. The highest BCUT2D eigenvalue weighted by Crippen LogP contribution is 2.33. The van der Waals surface area contributed by atoms with Gasteiger partial charge in [0.2, 0.25) is 0 Å². The zero-order valence-corrected chi connectivity index (χ0v) is 15.4. The molecule has 1 aromatic carbocycles. The first-order chi connectivity index (χ1) is 12.6. The molecule has 1 saturated carbocycles. The van der Waals surface area contributed by atoms with Gasteiger partial charge < -0.3 is 18.8 Å². The number of aromatic nitrogens is 2. The molecule has 2 aliphatic rings. The molecule has 0 radical (unpaired) electrons. The molecule has 2 aromatic rings. The molecular weight excluding hydrogens is 332 g/mol. The van der Waals surface area contributed by atoms with E-state index in [4.69, 9.17) is 14.2 Å². The molecule has 0 spiro atoms. The first-order valence-corrected chi connectivity index (χ1v) is 9.14. The van der Waals surface area contributed by atoms with E-state index in [0.717, 1.165) is 41.2 Å². The molecular formula is C20H24N2O4. The third kappa shape index (κ3) is 3.21. The van der Waals surface area contributed by atoms with Crippen LogP contribution in [0.25, 0.3) is 11.4 Å². The van der Waals surface area contributed by atoms with Gasteiger partial charge in [-0.2, -0.15) is 0 Å². The quantitative estimate of drug-likeness (QED) is 0.788. The van der Waals surface area contributed by atoms with Gasteiger partial charge in [0.15, 0.2) is 5.69 Å². The van der Waals surface area contributed by atoms with E-state index in [0.29, 0.717) is 31.4 Å². The number of methoxy groups -OCH3 is 1. The molecule has 6 nitrogen and oxygen atoms in total. The number of esters is 1. The Hall–Kier alpha value is -2.34. The number of hydrogen-bond donors (Lipinski definition) is 0. The second-order valence-electron chi connectivity index (χ2n) is 7.06. The van der Waals surface area contributed by atoms with Crippen LogP contribution in [0, 0.1) is 6.92 Å². The molecule has 0 bridgehead atoms. The van der Waals surface area contributed by atoms with Crippen molar-refractivity contribution in [3.05, 3.63) is 35.2 Å². The Labute approximate surface area is 153 Å². The van der Waals surface area contributed by atoms with Crippen LogP contribution in [-0.2, 0) is 22.4 Å². The van der Waals surface area contributed by atoms with E-state index < -0.39 is 5.97 Å². The molecule has 1 aromatic heterocycles. The van der Waals surface area contributed by atoms with Crippen LogP contribution in [-0.4, -0.2) is 41.4 Å². The first kappa shape index (κ1) is 17.1. The predicted molar refractivity (Wildman–Crippen MR) is 96.5 cm³/mol. The van der Waals surface area contributed by atoms with Gasteiger partial charge in [-0.3, -0.25) is 0 Å². The minimum atomic E-state index is -0.403. The van der Waals surface area contributed by atoms with Crippen molar-refractivity contribution < 1.29 is 19.0 Å². The van der Waals surface area contributed by atoms with Crippen LogP contribution in [0.1, 0.15) is 41.5 Å². The summed E-state index contributed by atoms with van der Waals surface area (Å²) in [4.78, 5) is 16.9. The van der Waals surface area contributed by atoms with E-state index >= 15 is 0 Å². The van der Waals surface area contributed by atoms with Crippen molar-refractivity contribution >= 4 is 5.97 Å². The van der Waals surface area contributed by atoms with E-state index in [-0.39, 0.29) is 6.10 Å². The second kappa shape index (κ2) is 6.76. The molecule has 0 N–H and O–H groups in total. The molecule has 1 aliphatic heterocycles. The molecule has 1 atom stereocenters. The van der Waals surface area contributed by atoms with Gasteiger partial charge in [0.05, 0.1) is 38.2 Å². The third-order valence-corrected chi connectivity index (χ3v) is 4.88. The fraction of sp³-hybridized carbons (Fsp3) is 0.500. The van der Waals surface area contributed by atoms with E-state index in [9.17, 15) is 4.79 Å². The van der Waals surface area contributed by atoms with Gasteiger partial charge in [0.25, 0.3) is 0 Å². The highest BCUT2D eigenvalue weighted by molar-refractivity contribution is 5.89. The summed E-state index contributed by atoms with van der Waals surface area (Å²) in [6, 6.07) is 6.08. The van der Waals surface area contributed by atoms with Crippen LogP contribution in [0.2, 0.25) is 0 Å². The number of fused-ring (bicyclic) bond motifs is 1. The van der Waals surface area contributed by atoms with Crippen molar-refractivity contribution in [3.63, 3.8) is 0 Å². The highest BCUT2D eigenvalue weighted by Gasteiger charge is 2.27. The number of carbonyl (C=O) groups excluding carboxylic acids is 1. The van der Waals surface area contributed by atoms with Crippen molar-refractivity contribution in [2.45, 2.75) is 51.9 Å². The number of imidazole rings is 1. The van der Waals surface area contributed by atoms with Crippen molar-refractivity contribution in [2.24, 2.45) is 0 Å². The Balaban J connectivity index is 1.76. The van der Waals surface area contributed by atoms with E-state index in [1.807, 2.05) is 26.0 Å². The van der Waals surface area contributed by atoms with Crippen LogP contribution >= 0.6 is 0 Å². The van der Waals surface area contributed by atoms with Gasteiger partial charge in [-0.05, 0) is 50.5 Å². The smallest absolute Gasteiger partial charge is 0.358 e. The number of hydrogen-bond acceptors (Lipinski definition) is 5. The third-order valence-electron chi connectivity index (χ3n) is 4.88. The van der Waals surface area contributed by atoms with Gasteiger partial charge in [-0.15, -0.1) is 0 Å². The minimum absolute atomic E-state index is 0.0632. The average molecular weight is 356 g/mol. The van der Waals surface area contributed by atoms with E-state index in [1.165, 1.54) is 7.11 Å². The molecule has 6 heteroatoms. The second-order valence-corrected chi connectivity index (χ2v) is 7.06. The molecule has 26 heavy (non-hydrogen) atoms. The Morgan fingerprint density at radius 2 is 2.15 bits per heavy atom. The maximum Gasteiger partial charge on any atom is 0.358 e. The molecule has 0 saturated heterocycles. The van der Waals surface area contributed by atoms with Gasteiger partial charge in [-0.25, -0.2) is 9.78 Å². The maximum atomic E-state index is 12.2. The van der Waals surface area contributed by atoms with Crippen LogP contribution in [0.4, 0.5) is 0 Å². The molecule has 4 rings (SSSR count). The molecule has 2 heterocycles. The van der Waals surface area contributed by atoms with Crippen LogP contribution in [0.15, 0.2) is 18.2 Å². The van der Waals surface area contributed by atoms with Crippen LogP contribution in [0.3, 0.4) is 0 Å². The summed E-state index contributed by atoms with van der Waals surface area (Å²) in [5.41, 5.74) is 3.31. The van der Waals surface area contributed by atoms with E-state index in [2.05, 4.69) is 15.6 Å². The Kier molecular flexibility index (Phi) is 4.44. The Bertz CT molecular complexity index is 839.